The number of aliphatic imine (C=N–C) groups is 1. The molecule has 0 rings (SSSR count). The van der Waals surface area contributed by atoms with Gasteiger partial charge in [-0.15, -0.1) is 0 Å². The third-order valence-electron chi connectivity index (χ3n) is 2.49. The predicted octanol–water partition coefficient (Wildman–Crippen LogP) is 2.21. The second kappa shape index (κ2) is 5.73. The van der Waals surface area contributed by atoms with E-state index in [1.807, 2.05) is 6.92 Å². The summed E-state index contributed by atoms with van der Waals surface area (Å²) < 4.78 is 0. The Hall–Kier alpha value is -0.860. The summed E-state index contributed by atoms with van der Waals surface area (Å²) in [7, 11) is 1.54. The van der Waals surface area contributed by atoms with Crippen LogP contribution in [0.2, 0.25) is 0 Å². The first-order chi connectivity index (χ1) is 6.04. The Morgan fingerprint density at radius 1 is 1.46 bits per heavy atom. The number of carboxylic acid groups (broad SMARTS) is 1. The third-order valence-corrected chi connectivity index (χ3v) is 2.49. The lowest BCUT2D eigenvalue weighted by molar-refractivity contribution is -0.129. The van der Waals surface area contributed by atoms with E-state index in [0.29, 0.717) is 11.6 Å². The molecule has 0 aliphatic carbocycles. The van der Waals surface area contributed by atoms with E-state index in [-0.39, 0.29) is 5.92 Å². The smallest absolute Gasteiger partial charge is 0.350 e. The third kappa shape index (κ3) is 3.57. The Kier molecular flexibility index (Phi) is 5.35. The van der Waals surface area contributed by atoms with Crippen molar-refractivity contribution in [3.63, 3.8) is 0 Å². The van der Waals surface area contributed by atoms with Crippen LogP contribution in [-0.4, -0.2) is 23.8 Å². The molecule has 0 amide bonds. The molecule has 0 bridgehead atoms. The van der Waals surface area contributed by atoms with Crippen molar-refractivity contribution in [3.05, 3.63) is 0 Å². The maximum atomic E-state index is 10.7. The number of carbonyl (C=O) groups is 1. The van der Waals surface area contributed by atoms with Crippen LogP contribution in [0, 0.1) is 11.8 Å². The van der Waals surface area contributed by atoms with Gasteiger partial charge in [-0.25, -0.2) is 4.79 Å². The lowest BCUT2D eigenvalue weighted by Crippen LogP contribution is -2.26. The molecule has 0 aromatic carbocycles. The minimum Gasteiger partial charge on any atom is -0.477 e. The van der Waals surface area contributed by atoms with Crippen LogP contribution < -0.4 is 0 Å². The fraction of sp³-hybridized carbons (Fsp3) is 0.800. The van der Waals surface area contributed by atoms with Crippen molar-refractivity contribution in [2.45, 2.75) is 33.6 Å². The van der Waals surface area contributed by atoms with Crippen LogP contribution in [0.1, 0.15) is 33.6 Å². The summed E-state index contributed by atoms with van der Waals surface area (Å²) in [6, 6.07) is 0. The SMILES string of the molecule is CCCC(C)C(C)C(=NC)C(=O)O. The highest BCUT2D eigenvalue weighted by Gasteiger charge is 2.22. The zero-order valence-corrected chi connectivity index (χ0v) is 8.87. The molecule has 0 spiro atoms. The van der Waals surface area contributed by atoms with Crippen LogP contribution in [0.15, 0.2) is 4.99 Å². The Labute approximate surface area is 79.9 Å². The van der Waals surface area contributed by atoms with Crippen molar-refractivity contribution in [2.75, 3.05) is 7.05 Å². The zero-order valence-electron chi connectivity index (χ0n) is 8.87. The number of hydrogen-bond donors (Lipinski definition) is 1. The predicted molar refractivity (Wildman–Crippen MR) is 54.2 cm³/mol. The Bertz CT molecular complexity index is 199. The molecule has 76 valence electrons. The van der Waals surface area contributed by atoms with Gasteiger partial charge in [-0.3, -0.25) is 4.99 Å². The van der Waals surface area contributed by atoms with Crippen molar-refractivity contribution in [2.24, 2.45) is 16.8 Å². The van der Waals surface area contributed by atoms with E-state index in [1.165, 1.54) is 0 Å². The lowest BCUT2D eigenvalue weighted by atomic mass is 9.88. The van der Waals surface area contributed by atoms with E-state index in [1.54, 1.807) is 7.05 Å². The van der Waals surface area contributed by atoms with Crippen LogP contribution in [0.5, 0.6) is 0 Å². The summed E-state index contributed by atoms with van der Waals surface area (Å²) >= 11 is 0. The number of hydrogen-bond acceptors (Lipinski definition) is 2. The van der Waals surface area contributed by atoms with Crippen molar-refractivity contribution in [1.82, 2.24) is 0 Å². The van der Waals surface area contributed by atoms with Crippen molar-refractivity contribution in [1.29, 1.82) is 0 Å². The van der Waals surface area contributed by atoms with Gasteiger partial charge >= 0.3 is 5.97 Å². The molecule has 1 N–H and O–H groups in total. The van der Waals surface area contributed by atoms with E-state index < -0.39 is 5.97 Å². The Morgan fingerprint density at radius 2 is 2.00 bits per heavy atom. The molecule has 0 aliphatic heterocycles. The highest BCUT2D eigenvalue weighted by molar-refractivity contribution is 6.36. The van der Waals surface area contributed by atoms with Crippen LogP contribution in [0.4, 0.5) is 0 Å². The van der Waals surface area contributed by atoms with Gasteiger partial charge in [-0.1, -0.05) is 33.6 Å². The first-order valence-electron chi connectivity index (χ1n) is 4.74. The van der Waals surface area contributed by atoms with Gasteiger partial charge in [0.15, 0.2) is 0 Å². The van der Waals surface area contributed by atoms with Gasteiger partial charge in [0.05, 0.1) is 0 Å². The molecule has 3 nitrogen and oxygen atoms in total. The van der Waals surface area contributed by atoms with Crippen LogP contribution in [-0.2, 0) is 4.79 Å². The van der Waals surface area contributed by atoms with Crippen molar-refractivity contribution in [3.8, 4) is 0 Å². The van der Waals surface area contributed by atoms with Gasteiger partial charge in [0.1, 0.15) is 5.71 Å². The van der Waals surface area contributed by atoms with Crippen LogP contribution >= 0.6 is 0 Å². The zero-order chi connectivity index (χ0) is 10.4. The minimum absolute atomic E-state index is 0.0439. The van der Waals surface area contributed by atoms with E-state index in [2.05, 4.69) is 18.8 Å². The number of rotatable bonds is 5. The van der Waals surface area contributed by atoms with Crippen molar-refractivity contribution >= 4 is 11.7 Å². The monoisotopic (exact) mass is 185 g/mol. The molecule has 2 atom stereocenters. The number of nitrogens with zero attached hydrogens (tertiary/aromatic N) is 1. The highest BCUT2D eigenvalue weighted by Crippen LogP contribution is 2.18. The minimum atomic E-state index is -0.891. The van der Waals surface area contributed by atoms with Crippen LogP contribution in [0.3, 0.4) is 0 Å². The van der Waals surface area contributed by atoms with E-state index in [9.17, 15) is 4.79 Å². The topological polar surface area (TPSA) is 49.7 Å². The summed E-state index contributed by atoms with van der Waals surface area (Å²) in [6.45, 7) is 6.10. The van der Waals surface area contributed by atoms with Crippen molar-refractivity contribution < 1.29 is 9.90 Å². The quantitative estimate of drug-likeness (QED) is 0.667. The highest BCUT2D eigenvalue weighted by atomic mass is 16.4. The molecule has 0 aromatic heterocycles. The average Bonchev–Trinajstić information content (AvgIpc) is 2.05. The van der Waals surface area contributed by atoms with E-state index in [4.69, 9.17) is 5.11 Å². The number of carboxylic acids is 1. The molecule has 0 radical (unpaired) electrons. The number of aliphatic carboxylic acids is 1. The van der Waals surface area contributed by atoms with Gasteiger partial charge in [0, 0.05) is 13.0 Å². The Balaban J connectivity index is 4.38. The average molecular weight is 185 g/mol. The summed E-state index contributed by atoms with van der Waals surface area (Å²) in [5.41, 5.74) is 0.293. The molecule has 0 fully saturated rings. The first kappa shape index (κ1) is 12.1. The van der Waals surface area contributed by atoms with Gasteiger partial charge in [-0.2, -0.15) is 0 Å². The summed E-state index contributed by atoms with van der Waals surface area (Å²) in [6.07, 6.45) is 2.13. The van der Waals surface area contributed by atoms with Gasteiger partial charge in [0.2, 0.25) is 0 Å². The fourth-order valence-electron chi connectivity index (χ4n) is 1.47. The normalized spacial score (nSPS) is 16.8. The largest absolute Gasteiger partial charge is 0.477 e. The molecule has 0 heterocycles. The fourth-order valence-corrected chi connectivity index (χ4v) is 1.47. The van der Waals surface area contributed by atoms with E-state index in [0.717, 1.165) is 12.8 Å². The molecule has 13 heavy (non-hydrogen) atoms. The second-order valence-corrected chi connectivity index (χ2v) is 3.47. The second-order valence-electron chi connectivity index (χ2n) is 3.47. The summed E-state index contributed by atoms with van der Waals surface area (Å²) in [4.78, 5) is 14.6. The molecule has 2 unspecified atom stereocenters. The molecular weight excluding hydrogens is 166 g/mol. The maximum Gasteiger partial charge on any atom is 0.350 e. The van der Waals surface area contributed by atoms with Crippen LogP contribution in [0.25, 0.3) is 0 Å². The standard InChI is InChI=1S/C10H19NO2/c1-5-6-7(2)8(3)9(11-4)10(12)13/h7-8H,5-6H2,1-4H3,(H,12,13). The lowest BCUT2D eigenvalue weighted by Gasteiger charge is -2.18. The molecule has 0 aromatic rings. The molecule has 3 heteroatoms. The first-order valence-corrected chi connectivity index (χ1v) is 4.74. The Morgan fingerprint density at radius 3 is 2.31 bits per heavy atom. The van der Waals surface area contributed by atoms with Gasteiger partial charge in [0.25, 0.3) is 0 Å². The molecule has 0 saturated carbocycles. The van der Waals surface area contributed by atoms with Gasteiger partial charge in [-0.05, 0) is 5.92 Å². The molecule has 0 aliphatic rings. The molecule has 0 saturated heterocycles. The molecular formula is C10H19NO2. The summed E-state index contributed by atoms with van der Waals surface area (Å²) in [5, 5.41) is 8.83. The van der Waals surface area contributed by atoms with E-state index >= 15 is 0 Å². The van der Waals surface area contributed by atoms with Gasteiger partial charge < -0.3 is 5.11 Å². The maximum absolute atomic E-state index is 10.7. The summed E-state index contributed by atoms with van der Waals surface area (Å²) in [5.74, 6) is -0.458.